The molecule has 7 nitrogen and oxygen atoms in total. The highest BCUT2D eigenvalue weighted by Crippen LogP contribution is 2.39. The summed E-state index contributed by atoms with van der Waals surface area (Å²) >= 11 is 0. The lowest BCUT2D eigenvalue weighted by Gasteiger charge is -2.30. The van der Waals surface area contributed by atoms with Gasteiger partial charge in [0.1, 0.15) is 24.1 Å². The molecular formula is C19H14F3N7. The third-order valence-corrected chi connectivity index (χ3v) is 4.88. The second-order valence-electron chi connectivity index (χ2n) is 6.55. The van der Waals surface area contributed by atoms with E-state index < -0.39 is 23.2 Å². The molecule has 3 aromatic rings. The van der Waals surface area contributed by atoms with E-state index in [9.17, 15) is 18.4 Å². The summed E-state index contributed by atoms with van der Waals surface area (Å²) in [5.41, 5.74) is 9.43. The van der Waals surface area contributed by atoms with Crippen molar-refractivity contribution < 1.29 is 13.2 Å². The summed E-state index contributed by atoms with van der Waals surface area (Å²) in [6, 6.07) is 3.93. The van der Waals surface area contributed by atoms with Crippen LogP contribution in [0.2, 0.25) is 0 Å². The number of halogens is 3. The fourth-order valence-electron chi connectivity index (χ4n) is 3.38. The van der Waals surface area contributed by atoms with Crippen molar-refractivity contribution in [1.82, 2.24) is 19.7 Å². The van der Waals surface area contributed by atoms with Crippen LogP contribution in [0.15, 0.2) is 48.6 Å². The summed E-state index contributed by atoms with van der Waals surface area (Å²) in [4.78, 5) is 8.19. The molecule has 4 N–H and O–H groups in total. The highest BCUT2D eigenvalue weighted by atomic mass is 19.1. The maximum Gasteiger partial charge on any atom is 0.174 e. The van der Waals surface area contributed by atoms with Gasteiger partial charge in [0.05, 0.1) is 29.9 Å². The zero-order valence-electron chi connectivity index (χ0n) is 14.9. The molecule has 2 unspecified atom stereocenters. The number of aromatic nitrogens is 4. The van der Waals surface area contributed by atoms with Gasteiger partial charge in [0.25, 0.3) is 0 Å². The molecule has 1 aliphatic carbocycles. The number of allylic oxidation sites excluding steroid dienone is 4. The maximum atomic E-state index is 14.8. The van der Waals surface area contributed by atoms with E-state index >= 15 is 0 Å². The molecule has 2 aromatic heterocycles. The second-order valence-corrected chi connectivity index (χ2v) is 6.55. The Bertz CT molecular complexity index is 1200. The lowest BCUT2D eigenvalue weighted by Crippen LogP contribution is -2.42. The van der Waals surface area contributed by atoms with Gasteiger partial charge in [0.15, 0.2) is 11.1 Å². The monoisotopic (exact) mass is 397 g/mol. The molecule has 0 saturated heterocycles. The zero-order chi connectivity index (χ0) is 20.8. The van der Waals surface area contributed by atoms with Gasteiger partial charge in [-0.25, -0.2) is 27.8 Å². The van der Waals surface area contributed by atoms with Crippen LogP contribution in [0.3, 0.4) is 0 Å². The summed E-state index contributed by atoms with van der Waals surface area (Å²) in [6.07, 6.45) is 4.75. The summed E-state index contributed by atoms with van der Waals surface area (Å²) in [6.45, 7) is -0.290. The Balaban J connectivity index is 1.86. The van der Waals surface area contributed by atoms with E-state index in [1.807, 2.05) is 6.07 Å². The van der Waals surface area contributed by atoms with E-state index in [0.29, 0.717) is 0 Å². The van der Waals surface area contributed by atoms with E-state index in [0.717, 1.165) is 18.5 Å². The third kappa shape index (κ3) is 2.70. The van der Waals surface area contributed by atoms with Crippen LogP contribution in [0, 0.1) is 23.0 Å². The van der Waals surface area contributed by atoms with Crippen molar-refractivity contribution in [2.45, 2.75) is 18.1 Å². The standard InChI is InChI=1S/C19H14F3N7/c20-13-4-10(24)5-14(21)12(13)7-29-18-11(6-28-29)17(26-9-27-18)19(8-23)15(22)2-1-3-16(19)25/h1-6,9,15H,7,24-25H2. The SMILES string of the molecule is N#CC1(c2ncnc3c2cnn3Cc2c(F)cc(N)cc2F)C(N)=CC=CC1F. The molecule has 29 heavy (non-hydrogen) atoms. The van der Waals surface area contributed by atoms with Crippen LogP contribution in [0.25, 0.3) is 11.0 Å². The summed E-state index contributed by atoms with van der Waals surface area (Å²) < 4.78 is 44.4. The van der Waals surface area contributed by atoms with Crippen molar-refractivity contribution in [2.24, 2.45) is 5.73 Å². The summed E-state index contributed by atoms with van der Waals surface area (Å²) in [5.74, 6) is -1.66. The Hall–Kier alpha value is -3.87. The molecular weight excluding hydrogens is 383 g/mol. The van der Waals surface area contributed by atoms with Gasteiger partial charge in [-0.1, -0.05) is 6.08 Å². The normalized spacial score (nSPS) is 21.2. The van der Waals surface area contributed by atoms with E-state index in [2.05, 4.69) is 15.1 Å². The van der Waals surface area contributed by atoms with Gasteiger partial charge < -0.3 is 11.5 Å². The van der Waals surface area contributed by atoms with Gasteiger partial charge in [0.2, 0.25) is 0 Å². The van der Waals surface area contributed by atoms with E-state index in [-0.39, 0.29) is 40.2 Å². The van der Waals surface area contributed by atoms with Crippen LogP contribution in [-0.2, 0) is 12.0 Å². The third-order valence-electron chi connectivity index (χ3n) is 4.88. The van der Waals surface area contributed by atoms with E-state index in [1.165, 1.54) is 29.1 Å². The summed E-state index contributed by atoms with van der Waals surface area (Å²) in [7, 11) is 0. The quantitative estimate of drug-likeness (QED) is 0.654. The topological polar surface area (TPSA) is 119 Å². The number of hydrogen-bond donors (Lipinski definition) is 2. The highest BCUT2D eigenvalue weighted by molar-refractivity contribution is 5.80. The molecule has 146 valence electrons. The van der Waals surface area contributed by atoms with Gasteiger partial charge in [-0.2, -0.15) is 10.4 Å². The Morgan fingerprint density at radius 3 is 2.59 bits per heavy atom. The van der Waals surface area contributed by atoms with Crippen molar-refractivity contribution in [3.63, 3.8) is 0 Å². The number of anilines is 1. The van der Waals surface area contributed by atoms with Gasteiger partial charge in [0, 0.05) is 16.9 Å². The predicted molar refractivity (Wildman–Crippen MR) is 98.8 cm³/mol. The lowest BCUT2D eigenvalue weighted by atomic mass is 9.74. The average molecular weight is 397 g/mol. The average Bonchev–Trinajstić information content (AvgIpc) is 3.09. The minimum absolute atomic E-state index is 0.0154. The van der Waals surface area contributed by atoms with Gasteiger partial charge >= 0.3 is 0 Å². The fourth-order valence-corrected chi connectivity index (χ4v) is 3.38. The Labute approximate surface area is 162 Å². The molecule has 4 rings (SSSR count). The van der Waals surface area contributed by atoms with Crippen molar-refractivity contribution in [2.75, 3.05) is 5.73 Å². The molecule has 1 aromatic carbocycles. The van der Waals surface area contributed by atoms with Crippen molar-refractivity contribution in [1.29, 1.82) is 5.26 Å². The zero-order valence-corrected chi connectivity index (χ0v) is 14.9. The van der Waals surface area contributed by atoms with Crippen molar-refractivity contribution in [3.05, 3.63) is 71.5 Å². The smallest absolute Gasteiger partial charge is 0.174 e. The van der Waals surface area contributed by atoms with Crippen LogP contribution < -0.4 is 11.5 Å². The fraction of sp³-hybridized carbons (Fsp3) is 0.158. The first kappa shape index (κ1) is 18.5. The van der Waals surface area contributed by atoms with Crippen LogP contribution in [0.1, 0.15) is 11.3 Å². The van der Waals surface area contributed by atoms with E-state index in [1.54, 1.807) is 0 Å². The summed E-state index contributed by atoms with van der Waals surface area (Å²) in [5, 5.41) is 14.1. The van der Waals surface area contributed by atoms with Crippen molar-refractivity contribution >= 4 is 16.7 Å². The number of nitrogens with zero attached hydrogens (tertiary/aromatic N) is 5. The van der Waals surface area contributed by atoms with Crippen LogP contribution in [0.4, 0.5) is 18.9 Å². The molecule has 2 atom stereocenters. The number of nitriles is 1. The first-order chi connectivity index (χ1) is 13.9. The predicted octanol–water partition coefficient (Wildman–Crippen LogP) is 2.25. The Morgan fingerprint density at radius 1 is 1.21 bits per heavy atom. The Kier molecular flexibility index (Phi) is 4.23. The molecule has 0 bridgehead atoms. The maximum absolute atomic E-state index is 14.8. The highest BCUT2D eigenvalue weighted by Gasteiger charge is 2.47. The molecule has 0 spiro atoms. The van der Waals surface area contributed by atoms with Gasteiger partial charge in [-0.15, -0.1) is 0 Å². The largest absolute Gasteiger partial charge is 0.400 e. The number of nitrogens with two attached hydrogens (primary N) is 2. The molecule has 0 aliphatic heterocycles. The first-order valence-electron chi connectivity index (χ1n) is 8.48. The second kappa shape index (κ2) is 6.63. The Morgan fingerprint density at radius 2 is 1.93 bits per heavy atom. The molecule has 0 saturated carbocycles. The number of rotatable bonds is 3. The first-order valence-corrected chi connectivity index (χ1v) is 8.48. The number of nitrogen functional groups attached to an aromatic ring is 1. The molecule has 0 fully saturated rings. The van der Waals surface area contributed by atoms with Crippen molar-refractivity contribution in [3.8, 4) is 6.07 Å². The molecule has 0 radical (unpaired) electrons. The molecule has 1 aliphatic rings. The number of benzene rings is 1. The minimum Gasteiger partial charge on any atom is -0.400 e. The molecule has 2 heterocycles. The number of alkyl halides is 1. The van der Waals surface area contributed by atoms with Gasteiger partial charge in [-0.3, -0.25) is 0 Å². The number of hydrogen-bond acceptors (Lipinski definition) is 6. The lowest BCUT2D eigenvalue weighted by molar-refractivity contribution is 0.306. The van der Waals surface area contributed by atoms with Crippen LogP contribution in [-0.4, -0.2) is 25.9 Å². The minimum atomic E-state index is -1.86. The number of fused-ring (bicyclic) bond motifs is 1. The van der Waals surface area contributed by atoms with Crippen LogP contribution >= 0.6 is 0 Å². The van der Waals surface area contributed by atoms with Gasteiger partial charge in [-0.05, 0) is 24.3 Å². The van der Waals surface area contributed by atoms with Crippen LogP contribution in [0.5, 0.6) is 0 Å². The molecule has 0 amide bonds. The molecule has 10 heteroatoms. The van der Waals surface area contributed by atoms with E-state index in [4.69, 9.17) is 11.5 Å².